The van der Waals surface area contributed by atoms with Gasteiger partial charge in [-0.15, -0.1) is 0 Å². The third-order valence-electron chi connectivity index (χ3n) is 1.65. The van der Waals surface area contributed by atoms with Crippen LogP contribution in [0.15, 0.2) is 18.2 Å². The molecule has 0 bridgehead atoms. The first-order valence-electron chi connectivity index (χ1n) is 3.91. The highest BCUT2D eigenvalue weighted by Crippen LogP contribution is 2.33. The van der Waals surface area contributed by atoms with Crippen molar-refractivity contribution in [2.75, 3.05) is 5.32 Å². The summed E-state index contributed by atoms with van der Waals surface area (Å²) in [7, 11) is 0. The van der Waals surface area contributed by atoms with Gasteiger partial charge >= 0.3 is 11.4 Å². The average molecular weight is 242 g/mol. The van der Waals surface area contributed by atoms with Gasteiger partial charge in [-0.3, -0.25) is 20.2 Å². The zero-order valence-corrected chi connectivity index (χ0v) is 8.56. The predicted molar refractivity (Wildman–Crippen MR) is 60.2 cm³/mol. The lowest BCUT2D eigenvalue weighted by atomic mass is 10.2. The lowest BCUT2D eigenvalue weighted by Crippen LogP contribution is -2.19. The molecule has 9 heteroatoms. The number of nitro groups is 2. The Morgan fingerprint density at radius 2 is 1.94 bits per heavy atom. The van der Waals surface area contributed by atoms with Gasteiger partial charge in [-0.25, -0.2) is 0 Å². The van der Waals surface area contributed by atoms with Crippen molar-refractivity contribution in [1.29, 1.82) is 0 Å². The van der Waals surface area contributed by atoms with Crippen molar-refractivity contribution < 1.29 is 9.85 Å². The van der Waals surface area contributed by atoms with E-state index in [1.165, 1.54) is 12.1 Å². The van der Waals surface area contributed by atoms with Crippen LogP contribution in [0.2, 0.25) is 0 Å². The first kappa shape index (κ1) is 11.8. The molecule has 1 aromatic rings. The van der Waals surface area contributed by atoms with Crippen molar-refractivity contribution in [2.24, 2.45) is 5.73 Å². The van der Waals surface area contributed by atoms with Crippen LogP contribution in [0.4, 0.5) is 17.1 Å². The molecule has 0 aliphatic heterocycles. The molecule has 0 amide bonds. The van der Waals surface area contributed by atoms with Gasteiger partial charge in [0.15, 0.2) is 5.11 Å². The summed E-state index contributed by atoms with van der Waals surface area (Å²) in [5.74, 6) is 0. The van der Waals surface area contributed by atoms with Crippen LogP contribution in [0.25, 0.3) is 0 Å². The van der Waals surface area contributed by atoms with Gasteiger partial charge in [0, 0.05) is 6.07 Å². The Labute approximate surface area is 94.4 Å². The van der Waals surface area contributed by atoms with Crippen molar-refractivity contribution in [3.8, 4) is 0 Å². The summed E-state index contributed by atoms with van der Waals surface area (Å²) in [6.07, 6.45) is 0. The molecule has 16 heavy (non-hydrogen) atoms. The third-order valence-corrected chi connectivity index (χ3v) is 1.75. The summed E-state index contributed by atoms with van der Waals surface area (Å²) in [5.41, 5.74) is 3.76. The highest BCUT2D eigenvalue weighted by atomic mass is 32.1. The number of nitrogens with one attached hydrogen (secondary N) is 1. The molecule has 1 rings (SSSR count). The largest absolute Gasteiger partial charge is 0.376 e. The second-order valence-corrected chi connectivity index (χ2v) is 3.12. The predicted octanol–water partition coefficient (Wildman–Crippen LogP) is 1.16. The first-order chi connectivity index (χ1) is 7.43. The summed E-state index contributed by atoms with van der Waals surface area (Å²) in [5, 5.41) is 23.4. The summed E-state index contributed by atoms with van der Waals surface area (Å²) in [4.78, 5) is 19.6. The second kappa shape index (κ2) is 4.49. The van der Waals surface area contributed by atoms with Crippen LogP contribution in [-0.4, -0.2) is 15.0 Å². The monoisotopic (exact) mass is 242 g/mol. The molecular formula is C7H6N4O4S. The van der Waals surface area contributed by atoms with Gasteiger partial charge in [0.1, 0.15) is 5.69 Å². The van der Waals surface area contributed by atoms with Gasteiger partial charge in [-0.05, 0) is 18.3 Å². The van der Waals surface area contributed by atoms with E-state index in [1.54, 1.807) is 0 Å². The van der Waals surface area contributed by atoms with Crippen molar-refractivity contribution in [2.45, 2.75) is 0 Å². The van der Waals surface area contributed by atoms with E-state index >= 15 is 0 Å². The van der Waals surface area contributed by atoms with Gasteiger partial charge in [0.05, 0.1) is 9.85 Å². The van der Waals surface area contributed by atoms with Gasteiger partial charge in [-0.1, -0.05) is 6.07 Å². The smallest absolute Gasteiger partial charge is 0.369 e. The highest BCUT2D eigenvalue weighted by molar-refractivity contribution is 7.80. The van der Waals surface area contributed by atoms with E-state index in [9.17, 15) is 20.2 Å². The number of thiocarbonyl (C=S) groups is 1. The zero-order chi connectivity index (χ0) is 12.3. The number of hydrogen-bond donors (Lipinski definition) is 2. The molecule has 0 fully saturated rings. The Hall–Kier alpha value is -2.29. The molecule has 3 N–H and O–H groups in total. The van der Waals surface area contributed by atoms with E-state index in [1.807, 2.05) is 0 Å². The van der Waals surface area contributed by atoms with Crippen LogP contribution in [0.3, 0.4) is 0 Å². The standard InChI is InChI=1S/C7H6N4O4S/c8-7(16)9-4-2-1-3-5(10(12)13)6(4)11(14)15/h1-3H,(H3,8,9,16). The molecule has 0 spiro atoms. The minimum atomic E-state index is -0.862. The fourth-order valence-electron chi connectivity index (χ4n) is 1.10. The molecule has 0 saturated heterocycles. The van der Waals surface area contributed by atoms with E-state index in [4.69, 9.17) is 5.73 Å². The van der Waals surface area contributed by atoms with E-state index in [-0.39, 0.29) is 10.8 Å². The van der Waals surface area contributed by atoms with Crippen LogP contribution in [0, 0.1) is 20.2 Å². The van der Waals surface area contributed by atoms with Crippen molar-refractivity contribution in [3.05, 3.63) is 38.4 Å². The van der Waals surface area contributed by atoms with E-state index in [0.717, 1.165) is 6.07 Å². The number of nitrogens with two attached hydrogens (primary N) is 1. The third kappa shape index (κ3) is 2.39. The molecule has 84 valence electrons. The first-order valence-corrected chi connectivity index (χ1v) is 4.32. The van der Waals surface area contributed by atoms with Gasteiger partial charge in [-0.2, -0.15) is 0 Å². The van der Waals surface area contributed by atoms with E-state index < -0.39 is 21.2 Å². The molecule has 1 aromatic carbocycles. The number of hydrogen-bond acceptors (Lipinski definition) is 5. The van der Waals surface area contributed by atoms with Crippen molar-refractivity contribution in [1.82, 2.24) is 0 Å². The van der Waals surface area contributed by atoms with Crippen molar-refractivity contribution >= 4 is 34.4 Å². The zero-order valence-electron chi connectivity index (χ0n) is 7.75. The fraction of sp³-hybridized carbons (Fsp3) is 0. The Balaban J connectivity index is 3.38. The second-order valence-electron chi connectivity index (χ2n) is 2.68. The number of nitrogens with zero attached hydrogens (tertiary/aromatic N) is 2. The lowest BCUT2D eigenvalue weighted by molar-refractivity contribution is -0.421. The lowest BCUT2D eigenvalue weighted by Gasteiger charge is -2.04. The highest BCUT2D eigenvalue weighted by Gasteiger charge is 2.28. The number of rotatable bonds is 3. The molecule has 0 saturated carbocycles. The average Bonchev–Trinajstić information content (AvgIpc) is 2.15. The minimum Gasteiger partial charge on any atom is -0.376 e. The maximum atomic E-state index is 10.7. The number of para-hydroxylation sites is 1. The maximum absolute atomic E-state index is 10.7. The quantitative estimate of drug-likeness (QED) is 0.462. The molecule has 0 heterocycles. The number of nitro benzene ring substituents is 2. The van der Waals surface area contributed by atoms with Crippen LogP contribution in [0.1, 0.15) is 0 Å². The molecule has 0 aliphatic rings. The Morgan fingerprint density at radius 3 is 2.38 bits per heavy atom. The Morgan fingerprint density at radius 1 is 1.31 bits per heavy atom. The molecule has 0 aliphatic carbocycles. The van der Waals surface area contributed by atoms with Gasteiger partial charge < -0.3 is 11.1 Å². The number of benzene rings is 1. The summed E-state index contributed by atoms with van der Waals surface area (Å²) >= 11 is 4.51. The topological polar surface area (TPSA) is 124 Å². The van der Waals surface area contributed by atoms with Crippen LogP contribution in [0.5, 0.6) is 0 Å². The Kier molecular flexibility index (Phi) is 3.30. The maximum Gasteiger partial charge on any atom is 0.369 e. The van der Waals surface area contributed by atoms with Gasteiger partial charge in [0.2, 0.25) is 0 Å². The van der Waals surface area contributed by atoms with Crippen LogP contribution in [-0.2, 0) is 0 Å². The Bertz CT molecular complexity index is 475. The summed E-state index contributed by atoms with van der Waals surface area (Å²) < 4.78 is 0. The van der Waals surface area contributed by atoms with Crippen LogP contribution < -0.4 is 11.1 Å². The molecular weight excluding hydrogens is 236 g/mol. The summed E-state index contributed by atoms with van der Waals surface area (Å²) in [6, 6.07) is 3.61. The van der Waals surface area contributed by atoms with E-state index in [2.05, 4.69) is 17.5 Å². The van der Waals surface area contributed by atoms with Crippen LogP contribution >= 0.6 is 12.2 Å². The molecule has 0 unspecified atom stereocenters. The molecule has 0 atom stereocenters. The summed E-state index contributed by atoms with van der Waals surface area (Å²) in [6.45, 7) is 0. The number of anilines is 1. The molecule has 0 radical (unpaired) electrons. The van der Waals surface area contributed by atoms with Crippen molar-refractivity contribution in [3.63, 3.8) is 0 Å². The van der Waals surface area contributed by atoms with E-state index in [0.29, 0.717) is 0 Å². The normalized spacial score (nSPS) is 9.50. The van der Waals surface area contributed by atoms with Gasteiger partial charge in [0.25, 0.3) is 0 Å². The fourth-order valence-corrected chi connectivity index (χ4v) is 1.21. The molecule has 0 aromatic heterocycles. The minimum absolute atomic E-state index is 0.105. The SMILES string of the molecule is NC(=S)Nc1cccc([N+](=O)[O-])c1[N+](=O)[O-]. The molecule has 8 nitrogen and oxygen atoms in total.